The summed E-state index contributed by atoms with van der Waals surface area (Å²) in [4.78, 5) is 0. The number of para-hydroxylation sites is 2. The Labute approximate surface area is 142 Å². The van der Waals surface area contributed by atoms with Crippen molar-refractivity contribution < 1.29 is 0 Å². The van der Waals surface area contributed by atoms with Crippen LogP contribution in [0.3, 0.4) is 0 Å². The number of hydrogen-bond donors (Lipinski definition) is 2. The summed E-state index contributed by atoms with van der Waals surface area (Å²) in [6.45, 7) is 2.22. The van der Waals surface area contributed by atoms with E-state index in [9.17, 15) is 0 Å². The molecule has 0 amide bonds. The Morgan fingerprint density at radius 1 is 0.667 bits per heavy atom. The first-order valence-electron chi connectivity index (χ1n) is 8.23. The molecule has 3 aromatic rings. The van der Waals surface area contributed by atoms with E-state index in [4.69, 9.17) is 0 Å². The van der Waals surface area contributed by atoms with Crippen LogP contribution in [0.5, 0.6) is 0 Å². The first kappa shape index (κ1) is 14.6. The first-order chi connectivity index (χ1) is 11.7. The van der Waals surface area contributed by atoms with Gasteiger partial charge in [-0.2, -0.15) is 0 Å². The molecule has 1 atom stereocenters. The minimum atomic E-state index is -0.300. The van der Waals surface area contributed by atoms with E-state index in [1.807, 2.05) is 6.07 Å². The van der Waals surface area contributed by atoms with Crippen molar-refractivity contribution >= 4 is 17.1 Å². The van der Waals surface area contributed by atoms with Gasteiger partial charge in [-0.05, 0) is 36.3 Å². The Morgan fingerprint density at radius 2 is 1.25 bits per heavy atom. The highest BCUT2D eigenvalue weighted by Gasteiger charge is 2.28. The molecule has 1 unspecified atom stereocenters. The molecular weight excluding hydrogens is 292 g/mol. The van der Waals surface area contributed by atoms with Gasteiger partial charge in [0.25, 0.3) is 0 Å². The van der Waals surface area contributed by atoms with Crippen molar-refractivity contribution in [2.75, 3.05) is 10.6 Å². The summed E-state index contributed by atoms with van der Waals surface area (Å²) in [6, 6.07) is 29.4. The number of benzene rings is 3. The molecule has 0 saturated carbocycles. The van der Waals surface area contributed by atoms with Crippen molar-refractivity contribution in [2.24, 2.45) is 0 Å². The third kappa shape index (κ3) is 2.67. The molecule has 24 heavy (non-hydrogen) atoms. The van der Waals surface area contributed by atoms with Gasteiger partial charge in [0.1, 0.15) is 0 Å². The Balaban J connectivity index is 1.89. The van der Waals surface area contributed by atoms with Gasteiger partial charge in [-0.15, -0.1) is 0 Å². The van der Waals surface area contributed by atoms with Gasteiger partial charge in [0, 0.05) is 5.70 Å². The average molecular weight is 312 g/mol. The van der Waals surface area contributed by atoms with Gasteiger partial charge in [-0.3, -0.25) is 0 Å². The number of anilines is 2. The summed E-state index contributed by atoms with van der Waals surface area (Å²) in [7, 11) is 0. The topological polar surface area (TPSA) is 24.1 Å². The van der Waals surface area contributed by atoms with E-state index in [2.05, 4.69) is 102 Å². The lowest BCUT2D eigenvalue weighted by Crippen LogP contribution is -2.29. The minimum Gasteiger partial charge on any atom is -0.371 e. The molecule has 0 fully saturated rings. The molecule has 1 aliphatic rings. The van der Waals surface area contributed by atoms with Gasteiger partial charge in [0.15, 0.2) is 0 Å². The zero-order chi connectivity index (χ0) is 16.4. The Morgan fingerprint density at radius 3 is 1.96 bits per heavy atom. The van der Waals surface area contributed by atoms with Crippen LogP contribution in [-0.4, -0.2) is 0 Å². The number of hydrogen-bond acceptors (Lipinski definition) is 2. The Kier molecular flexibility index (Phi) is 3.58. The third-order valence-electron chi connectivity index (χ3n) is 4.48. The highest BCUT2D eigenvalue weighted by atomic mass is 15.0. The van der Waals surface area contributed by atoms with Crippen molar-refractivity contribution in [3.8, 4) is 0 Å². The van der Waals surface area contributed by atoms with Crippen LogP contribution in [0.1, 0.15) is 18.1 Å². The van der Waals surface area contributed by atoms with Crippen molar-refractivity contribution in [3.63, 3.8) is 0 Å². The molecule has 1 aliphatic heterocycles. The molecular formula is C22H20N2. The van der Waals surface area contributed by atoms with Gasteiger partial charge in [-0.1, -0.05) is 72.8 Å². The maximum atomic E-state index is 3.71. The summed E-state index contributed by atoms with van der Waals surface area (Å²) in [5, 5.41) is 7.31. The van der Waals surface area contributed by atoms with Crippen LogP contribution < -0.4 is 10.6 Å². The van der Waals surface area contributed by atoms with Crippen LogP contribution in [0.4, 0.5) is 11.4 Å². The standard InChI is InChI=1S/C22H20N2/c1-22(18-12-6-3-7-13-18)16-21(17-10-4-2-5-11-17)23-19-14-8-9-15-20(19)24-22/h2-16,23-24H,1H3. The molecule has 0 bridgehead atoms. The normalized spacial score (nSPS) is 19.3. The fraction of sp³-hybridized carbons (Fsp3) is 0.0909. The number of rotatable bonds is 2. The summed E-state index contributed by atoms with van der Waals surface area (Å²) < 4.78 is 0. The molecule has 0 aromatic heterocycles. The van der Waals surface area contributed by atoms with E-state index in [1.54, 1.807) is 0 Å². The van der Waals surface area contributed by atoms with E-state index in [0.29, 0.717) is 0 Å². The quantitative estimate of drug-likeness (QED) is 0.654. The molecule has 2 N–H and O–H groups in total. The summed E-state index contributed by atoms with van der Waals surface area (Å²) in [5.74, 6) is 0. The second kappa shape index (κ2) is 5.89. The summed E-state index contributed by atoms with van der Waals surface area (Å²) >= 11 is 0. The van der Waals surface area contributed by atoms with Crippen molar-refractivity contribution in [1.82, 2.24) is 0 Å². The lowest BCUT2D eigenvalue weighted by atomic mass is 9.90. The molecule has 0 saturated heterocycles. The zero-order valence-electron chi connectivity index (χ0n) is 13.7. The fourth-order valence-corrected chi connectivity index (χ4v) is 3.20. The van der Waals surface area contributed by atoms with Crippen LogP contribution in [0.2, 0.25) is 0 Å². The number of fused-ring (bicyclic) bond motifs is 1. The summed E-state index contributed by atoms with van der Waals surface area (Å²) in [5.41, 5.74) is 5.42. The van der Waals surface area contributed by atoms with Gasteiger partial charge < -0.3 is 10.6 Å². The predicted octanol–water partition coefficient (Wildman–Crippen LogP) is 5.48. The van der Waals surface area contributed by atoms with E-state index in [1.165, 1.54) is 11.1 Å². The van der Waals surface area contributed by atoms with Gasteiger partial charge in [0.2, 0.25) is 0 Å². The zero-order valence-corrected chi connectivity index (χ0v) is 13.7. The third-order valence-corrected chi connectivity index (χ3v) is 4.48. The van der Waals surface area contributed by atoms with Crippen molar-refractivity contribution in [3.05, 3.63) is 102 Å². The average Bonchev–Trinajstić information content (AvgIpc) is 2.80. The van der Waals surface area contributed by atoms with Crippen molar-refractivity contribution in [2.45, 2.75) is 12.5 Å². The molecule has 118 valence electrons. The molecule has 4 rings (SSSR count). The smallest absolute Gasteiger partial charge is 0.0804 e. The first-order valence-corrected chi connectivity index (χ1v) is 8.23. The second-order valence-corrected chi connectivity index (χ2v) is 6.29. The van der Waals surface area contributed by atoms with Crippen LogP contribution in [0.25, 0.3) is 5.70 Å². The largest absolute Gasteiger partial charge is 0.371 e. The van der Waals surface area contributed by atoms with Gasteiger partial charge >= 0.3 is 0 Å². The highest BCUT2D eigenvalue weighted by molar-refractivity contribution is 5.86. The fourth-order valence-electron chi connectivity index (χ4n) is 3.20. The molecule has 2 heteroatoms. The van der Waals surface area contributed by atoms with Crippen LogP contribution >= 0.6 is 0 Å². The Bertz CT molecular complexity index is 869. The molecule has 0 radical (unpaired) electrons. The van der Waals surface area contributed by atoms with E-state index >= 15 is 0 Å². The minimum absolute atomic E-state index is 0.300. The monoisotopic (exact) mass is 312 g/mol. The molecule has 0 aliphatic carbocycles. The lowest BCUT2D eigenvalue weighted by Gasteiger charge is -2.29. The number of nitrogens with one attached hydrogen (secondary N) is 2. The molecule has 3 aromatic carbocycles. The second-order valence-electron chi connectivity index (χ2n) is 6.29. The van der Waals surface area contributed by atoms with E-state index in [0.717, 1.165) is 17.1 Å². The summed E-state index contributed by atoms with van der Waals surface area (Å²) in [6.07, 6.45) is 2.28. The maximum absolute atomic E-state index is 3.71. The van der Waals surface area contributed by atoms with E-state index in [-0.39, 0.29) is 5.54 Å². The molecule has 2 nitrogen and oxygen atoms in total. The van der Waals surface area contributed by atoms with Gasteiger partial charge in [0.05, 0.1) is 16.9 Å². The molecule has 0 spiro atoms. The van der Waals surface area contributed by atoms with Gasteiger partial charge in [-0.25, -0.2) is 0 Å². The Hall–Kier alpha value is -3.00. The van der Waals surface area contributed by atoms with Crippen molar-refractivity contribution in [1.29, 1.82) is 0 Å². The lowest BCUT2D eigenvalue weighted by molar-refractivity contribution is 0.694. The maximum Gasteiger partial charge on any atom is 0.0804 e. The van der Waals surface area contributed by atoms with Crippen LogP contribution in [0, 0.1) is 0 Å². The molecule has 1 heterocycles. The SMILES string of the molecule is CC1(c2ccccc2)C=C(c2ccccc2)Nc2ccccc2N1. The van der Waals surface area contributed by atoms with Crippen LogP contribution in [-0.2, 0) is 5.54 Å². The van der Waals surface area contributed by atoms with Crippen LogP contribution in [0.15, 0.2) is 91.0 Å². The highest BCUT2D eigenvalue weighted by Crippen LogP contribution is 2.38. The van der Waals surface area contributed by atoms with E-state index < -0.39 is 0 Å². The predicted molar refractivity (Wildman–Crippen MR) is 102 cm³/mol.